The highest BCUT2D eigenvalue weighted by Gasteiger charge is 2.36. The molecule has 0 spiro atoms. The Hall–Kier alpha value is -1.48. The molecule has 0 atom stereocenters. The van der Waals surface area contributed by atoms with Gasteiger partial charge in [-0.2, -0.15) is 0 Å². The Labute approximate surface area is 130 Å². The van der Waals surface area contributed by atoms with Gasteiger partial charge in [0.15, 0.2) is 5.78 Å². The van der Waals surface area contributed by atoms with E-state index in [1.165, 1.54) is 5.56 Å². The zero-order valence-corrected chi connectivity index (χ0v) is 13.9. The summed E-state index contributed by atoms with van der Waals surface area (Å²) >= 11 is 1.59. The predicted octanol–water partition coefficient (Wildman–Crippen LogP) is 4.62. The van der Waals surface area contributed by atoms with Crippen LogP contribution in [0.15, 0.2) is 30.3 Å². The maximum atomic E-state index is 12.3. The van der Waals surface area contributed by atoms with Gasteiger partial charge in [0.1, 0.15) is 5.01 Å². The fourth-order valence-corrected chi connectivity index (χ4v) is 4.11. The van der Waals surface area contributed by atoms with Gasteiger partial charge >= 0.3 is 0 Å². The van der Waals surface area contributed by atoms with Crippen LogP contribution in [0.5, 0.6) is 0 Å². The number of benzene rings is 1. The number of carbonyl (C=O) groups is 1. The normalized spacial score (nSPS) is 17.6. The highest BCUT2D eigenvalue weighted by Crippen LogP contribution is 2.41. The second-order valence-electron chi connectivity index (χ2n) is 7.23. The SMILES string of the molecule is CC1(C)CC(=O)c2sc(C(C)(C)c3ccccc3)nc2C1. The summed E-state index contributed by atoms with van der Waals surface area (Å²) in [5, 5.41) is 1.05. The van der Waals surface area contributed by atoms with Crippen molar-refractivity contribution in [2.45, 2.75) is 46.0 Å². The number of thiazole rings is 1. The van der Waals surface area contributed by atoms with E-state index >= 15 is 0 Å². The van der Waals surface area contributed by atoms with Gasteiger partial charge in [-0.1, -0.05) is 44.2 Å². The maximum Gasteiger partial charge on any atom is 0.175 e. The molecule has 110 valence electrons. The quantitative estimate of drug-likeness (QED) is 0.809. The summed E-state index contributed by atoms with van der Waals surface area (Å²) in [5.41, 5.74) is 2.11. The molecule has 0 fully saturated rings. The molecule has 0 amide bonds. The van der Waals surface area contributed by atoms with Crippen LogP contribution in [0, 0.1) is 5.41 Å². The van der Waals surface area contributed by atoms with Crippen LogP contribution in [-0.2, 0) is 11.8 Å². The summed E-state index contributed by atoms with van der Waals surface area (Å²) in [6.45, 7) is 8.66. The fourth-order valence-electron chi connectivity index (χ4n) is 2.97. The Kier molecular flexibility index (Phi) is 3.28. The summed E-state index contributed by atoms with van der Waals surface area (Å²) < 4.78 is 0. The number of carbonyl (C=O) groups excluding carboxylic acids is 1. The third-order valence-electron chi connectivity index (χ3n) is 4.27. The molecule has 21 heavy (non-hydrogen) atoms. The molecule has 0 bridgehead atoms. The lowest BCUT2D eigenvalue weighted by Crippen LogP contribution is -2.26. The molecular formula is C18H21NOS. The van der Waals surface area contributed by atoms with E-state index in [0.29, 0.717) is 6.42 Å². The van der Waals surface area contributed by atoms with Crippen molar-refractivity contribution in [2.24, 2.45) is 5.41 Å². The van der Waals surface area contributed by atoms with Crippen molar-refractivity contribution in [3.63, 3.8) is 0 Å². The Bertz CT molecular complexity index is 682. The van der Waals surface area contributed by atoms with Gasteiger partial charge < -0.3 is 0 Å². The minimum Gasteiger partial charge on any atom is -0.293 e. The summed E-state index contributed by atoms with van der Waals surface area (Å²) in [5.74, 6) is 0.258. The highest BCUT2D eigenvalue weighted by molar-refractivity contribution is 7.14. The molecule has 3 heteroatoms. The van der Waals surface area contributed by atoms with E-state index in [0.717, 1.165) is 22.0 Å². The molecular weight excluding hydrogens is 278 g/mol. The van der Waals surface area contributed by atoms with Crippen LogP contribution < -0.4 is 0 Å². The van der Waals surface area contributed by atoms with E-state index < -0.39 is 0 Å². The van der Waals surface area contributed by atoms with E-state index in [2.05, 4.69) is 52.0 Å². The molecule has 1 aromatic carbocycles. The number of hydrogen-bond donors (Lipinski definition) is 0. The van der Waals surface area contributed by atoms with Crippen molar-refractivity contribution in [3.8, 4) is 0 Å². The van der Waals surface area contributed by atoms with E-state index in [-0.39, 0.29) is 16.6 Å². The van der Waals surface area contributed by atoms with Crippen molar-refractivity contribution in [2.75, 3.05) is 0 Å². The van der Waals surface area contributed by atoms with Crippen LogP contribution >= 0.6 is 11.3 Å². The van der Waals surface area contributed by atoms with Gasteiger partial charge in [0.25, 0.3) is 0 Å². The highest BCUT2D eigenvalue weighted by atomic mass is 32.1. The first-order chi connectivity index (χ1) is 9.79. The molecule has 1 aromatic heterocycles. The molecule has 2 aromatic rings. The molecule has 0 N–H and O–H groups in total. The second kappa shape index (κ2) is 4.77. The Morgan fingerprint density at radius 2 is 1.81 bits per heavy atom. The molecule has 0 aliphatic heterocycles. The third-order valence-corrected chi connectivity index (χ3v) is 5.73. The van der Waals surface area contributed by atoms with Gasteiger partial charge in [-0.25, -0.2) is 4.98 Å². The molecule has 0 radical (unpaired) electrons. The number of fused-ring (bicyclic) bond motifs is 1. The first kappa shape index (κ1) is 14.5. The Morgan fingerprint density at radius 3 is 2.48 bits per heavy atom. The summed E-state index contributed by atoms with van der Waals surface area (Å²) in [4.78, 5) is 18.1. The van der Waals surface area contributed by atoms with Crippen LogP contribution in [0.25, 0.3) is 0 Å². The lowest BCUT2D eigenvalue weighted by Gasteiger charge is -2.27. The molecule has 2 nitrogen and oxygen atoms in total. The molecule has 3 rings (SSSR count). The zero-order valence-electron chi connectivity index (χ0n) is 13.1. The van der Waals surface area contributed by atoms with E-state index in [4.69, 9.17) is 4.98 Å². The Morgan fingerprint density at radius 1 is 1.14 bits per heavy atom. The predicted molar refractivity (Wildman–Crippen MR) is 87.1 cm³/mol. The minimum absolute atomic E-state index is 0.0340. The number of Topliss-reactive ketones (excluding diaryl/α,β-unsaturated/α-hetero) is 1. The number of rotatable bonds is 2. The summed E-state index contributed by atoms with van der Waals surface area (Å²) in [6.07, 6.45) is 1.53. The largest absolute Gasteiger partial charge is 0.293 e. The first-order valence-electron chi connectivity index (χ1n) is 7.38. The van der Waals surface area contributed by atoms with Gasteiger partial charge in [0.05, 0.1) is 10.6 Å². The van der Waals surface area contributed by atoms with Crippen molar-refractivity contribution in [1.82, 2.24) is 4.98 Å². The number of nitrogens with zero attached hydrogens (tertiary/aromatic N) is 1. The summed E-state index contributed by atoms with van der Waals surface area (Å²) in [7, 11) is 0. The average molecular weight is 299 g/mol. The lowest BCUT2D eigenvalue weighted by molar-refractivity contribution is 0.0916. The topological polar surface area (TPSA) is 30.0 Å². The van der Waals surface area contributed by atoms with Crippen molar-refractivity contribution in [3.05, 3.63) is 51.5 Å². The van der Waals surface area contributed by atoms with Gasteiger partial charge in [0, 0.05) is 11.8 Å². The van der Waals surface area contributed by atoms with Crippen LogP contribution in [0.3, 0.4) is 0 Å². The zero-order chi connectivity index (χ0) is 15.3. The monoisotopic (exact) mass is 299 g/mol. The van der Waals surface area contributed by atoms with Crippen LogP contribution in [0.4, 0.5) is 0 Å². The van der Waals surface area contributed by atoms with E-state index in [1.54, 1.807) is 11.3 Å². The van der Waals surface area contributed by atoms with Crippen molar-refractivity contribution < 1.29 is 4.79 Å². The van der Waals surface area contributed by atoms with Crippen molar-refractivity contribution in [1.29, 1.82) is 0 Å². The van der Waals surface area contributed by atoms with Gasteiger partial charge in [-0.15, -0.1) is 11.3 Å². The molecule has 0 saturated carbocycles. The smallest absolute Gasteiger partial charge is 0.175 e. The second-order valence-corrected chi connectivity index (χ2v) is 8.23. The molecule has 1 heterocycles. The molecule has 1 aliphatic rings. The van der Waals surface area contributed by atoms with Gasteiger partial charge in [-0.3, -0.25) is 4.79 Å². The first-order valence-corrected chi connectivity index (χ1v) is 8.20. The molecule has 1 aliphatic carbocycles. The van der Waals surface area contributed by atoms with Crippen molar-refractivity contribution >= 4 is 17.1 Å². The number of hydrogen-bond acceptors (Lipinski definition) is 3. The lowest BCUT2D eigenvalue weighted by atomic mass is 9.78. The van der Waals surface area contributed by atoms with Crippen LogP contribution in [-0.4, -0.2) is 10.8 Å². The Balaban J connectivity index is 2.04. The summed E-state index contributed by atoms with van der Waals surface area (Å²) in [6, 6.07) is 10.4. The average Bonchev–Trinajstić information content (AvgIpc) is 2.83. The van der Waals surface area contributed by atoms with Crippen LogP contribution in [0.2, 0.25) is 0 Å². The third kappa shape index (κ3) is 2.55. The maximum absolute atomic E-state index is 12.3. The van der Waals surface area contributed by atoms with E-state index in [1.807, 2.05) is 6.07 Å². The minimum atomic E-state index is -0.159. The van der Waals surface area contributed by atoms with E-state index in [9.17, 15) is 4.79 Å². The fraction of sp³-hybridized carbons (Fsp3) is 0.444. The van der Waals surface area contributed by atoms with Gasteiger partial charge in [-0.05, 0) is 31.2 Å². The standard InChI is InChI=1S/C18H21NOS/c1-17(2)10-13-15(14(20)11-17)21-16(19-13)18(3,4)12-8-6-5-7-9-12/h5-9H,10-11H2,1-4H3. The number of ketones is 1. The molecule has 0 unspecified atom stereocenters. The van der Waals surface area contributed by atoms with Crippen LogP contribution in [0.1, 0.15) is 60.1 Å². The molecule has 0 saturated heterocycles. The number of aromatic nitrogens is 1. The van der Waals surface area contributed by atoms with Gasteiger partial charge in [0.2, 0.25) is 0 Å².